The van der Waals surface area contributed by atoms with Gasteiger partial charge in [-0.05, 0) is 38.1 Å². The third kappa shape index (κ3) is 12.3. The van der Waals surface area contributed by atoms with Crippen LogP contribution in [0.2, 0.25) is 5.02 Å². The normalized spacial score (nSPS) is 12.4. The number of nitro benzene ring substituents is 1. The van der Waals surface area contributed by atoms with Crippen LogP contribution in [0.15, 0.2) is 46.6 Å². The zero-order valence-electron chi connectivity index (χ0n) is 24.7. The molecule has 0 heterocycles. The van der Waals surface area contributed by atoms with Gasteiger partial charge < -0.3 is 29.2 Å². The number of non-ortho nitro benzene ring substituents is 1. The van der Waals surface area contributed by atoms with Gasteiger partial charge >= 0.3 is 11.9 Å². The number of nitrogens with one attached hydrogen (secondary N) is 1. The summed E-state index contributed by atoms with van der Waals surface area (Å²) >= 11 is 6.14. The minimum absolute atomic E-state index is 0.0263. The second-order valence-corrected chi connectivity index (χ2v) is 9.57. The van der Waals surface area contributed by atoms with Crippen molar-refractivity contribution in [3.63, 3.8) is 0 Å². The maximum atomic E-state index is 12.1. The molecule has 14 nitrogen and oxygen atoms in total. The molecule has 2 rings (SSSR count). The summed E-state index contributed by atoms with van der Waals surface area (Å²) in [6.07, 6.45) is -1.34. The second-order valence-electron chi connectivity index (χ2n) is 9.16. The van der Waals surface area contributed by atoms with Crippen LogP contribution in [0.3, 0.4) is 0 Å². The summed E-state index contributed by atoms with van der Waals surface area (Å²) in [5.41, 5.74) is 1.12. The van der Waals surface area contributed by atoms with Gasteiger partial charge in [0.25, 0.3) is 5.69 Å². The molecule has 0 aliphatic rings. The van der Waals surface area contributed by atoms with Crippen molar-refractivity contribution in [3.8, 4) is 0 Å². The van der Waals surface area contributed by atoms with Gasteiger partial charge in [-0.15, -0.1) is 10.2 Å². The molecule has 234 valence electrons. The fraction of sp³-hybridized carbons (Fsp3) is 0.464. The Hall–Kier alpha value is -4.14. The largest absolute Gasteiger partial charge is 0.458 e. The smallest absolute Gasteiger partial charge is 0.303 e. The number of esters is 2. The van der Waals surface area contributed by atoms with Crippen LogP contribution in [0.1, 0.15) is 34.6 Å². The van der Waals surface area contributed by atoms with Crippen molar-refractivity contribution >= 4 is 57.9 Å². The number of hydrogen-bond donors (Lipinski definition) is 1. The molecule has 0 bridgehead atoms. The van der Waals surface area contributed by atoms with Gasteiger partial charge in [0.1, 0.15) is 23.6 Å². The monoisotopic (exact) mass is 621 g/mol. The Morgan fingerprint density at radius 2 is 1.44 bits per heavy atom. The summed E-state index contributed by atoms with van der Waals surface area (Å²) in [5.74, 6) is -1.36. The van der Waals surface area contributed by atoms with Crippen molar-refractivity contribution in [1.29, 1.82) is 0 Å². The first-order valence-electron chi connectivity index (χ1n) is 13.5. The lowest BCUT2D eigenvalue weighted by Crippen LogP contribution is -2.43. The van der Waals surface area contributed by atoms with Crippen molar-refractivity contribution < 1.29 is 38.3 Å². The lowest BCUT2D eigenvalue weighted by molar-refractivity contribution is -0.384. The van der Waals surface area contributed by atoms with E-state index in [1.54, 1.807) is 18.2 Å². The lowest BCUT2D eigenvalue weighted by atomic mass is 10.2. The molecule has 2 aromatic rings. The van der Waals surface area contributed by atoms with E-state index in [4.69, 9.17) is 30.5 Å². The summed E-state index contributed by atoms with van der Waals surface area (Å²) in [4.78, 5) is 48.0. The SMILES string of the molecule is CCOCC(CN(CC(COCC)OC(C)=O)c1ccc(N=Nc2ccc([N+](=O)[O-])cc2Cl)c(NC(C)=O)c1)OC(C)=O. The van der Waals surface area contributed by atoms with Crippen molar-refractivity contribution in [2.45, 2.75) is 46.8 Å². The molecule has 0 saturated carbocycles. The number of nitro groups is 1. The molecule has 43 heavy (non-hydrogen) atoms. The van der Waals surface area contributed by atoms with Crippen LogP contribution in [0, 0.1) is 10.1 Å². The van der Waals surface area contributed by atoms with Crippen molar-refractivity contribution in [1.82, 2.24) is 0 Å². The Bertz CT molecular complexity index is 1280. The predicted molar refractivity (Wildman–Crippen MR) is 159 cm³/mol. The number of benzene rings is 2. The molecule has 2 unspecified atom stereocenters. The number of halogens is 1. The van der Waals surface area contributed by atoms with E-state index in [1.807, 2.05) is 18.7 Å². The van der Waals surface area contributed by atoms with Crippen molar-refractivity contribution in [2.24, 2.45) is 10.2 Å². The fourth-order valence-corrected chi connectivity index (χ4v) is 4.10. The second kappa shape index (κ2) is 17.7. The summed E-state index contributed by atoms with van der Waals surface area (Å²) in [6.45, 7) is 8.93. The maximum absolute atomic E-state index is 12.1. The molecule has 15 heteroatoms. The molecule has 0 saturated heterocycles. The zero-order valence-corrected chi connectivity index (χ0v) is 25.5. The summed E-state index contributed by atoms with van der Waals surface area (Å²) in [7, 11) is 0. The fourth-order valence-electron chi connectivity index (χ4n) is 3.89. The molecule has 2 atom stereocenters. The average Bonchev–Trinajstić information content (AvgIpc) is 2.93. The third-order valence-electron chi connectivity index (χ3n) is 5.59. The number of nitrogens with zero attached hydrogens (tertiary/aromatic N) is 4. The number of hydrogen-bond acceptors (Lipinski definition) is 12. The van der Waals surface area contributed by atoms with Crippen LogP contribution in [0.25, 0.3) is 0 Å². The number of amides is 1. The predicted octanol–water partition coefficient (Wildman–Crippen LogP) is 5.36. The number of ether oxygens (including phenoxy) is 4. The molecule has 0 radical (unpaired) electrons. The molecule has 0 aliphatic heterocycles. The Balaban J connectivity index is 2.52. The molecular formula is C28H36ClN5O9. The molecule has 0 aliphatic carbocycles. The van der Waals surface area contributed by atoms with E-state index in [9.17, 15) is 24.5 Å². The summed E-state index contributed by atoms with van der Waals surface area (Å²) in [5, 5.41) is 22.1. The number of anilines is 2. The van der Waals surface area contributed by atoms with Crippen LogP contribution in [0.4, 0.5) is 28.4 Å². The number of carbonyl (C=O) groups is 3. The van der Waals surface area contributed by atoms with Gasteiger partial charge in [0.2, 0.25) is 5.91 Å². The van der Waals surface area contributed by atoms with Gasteiger partial charge in [-0.25, -0.2) is 0 Å². The third-order valence-corrected chi connectivity index (χ3v) is 5.90. The first-order chi connectivity index (χ1) is 20.4. The highest BCUT2D eigenvalue weighted by atomic mass is 35.5. The van der Waals surface area contributed by atoms with Crippen LogP contribution >= 0.6 is 11.6 Å². The maximum Gasteiger partial charge on any atom is 0.303 e. The van der Waals surface area contributed by atoms with Gasteiger partial charge in [-0.3, -0.25) is 24.5 Å². The van der Waals surface area contributed by atoms with Gasteiger partial charge in [-0.2, -0.15) is 0 Å². The standard InChI is InChI=1S/C28H36ClN5O9/c1-6-40-16-23(42-19(4)36)14-33(15-24(17-41-7-2)43-20(5)37)21-8-11-27(28(13-21)30-18(3)35)32-31-26-10-9-22(34(38)39)12-25(26)29/h8-13,23-24H,6-7,14-17H2,1-5H3,(H,30,35). The molecule has 1 amide bonds. The van der Waals surface area contributed by atoms with E-state index in [2.05, 4.69) is 15.5 Å². The topological polar surface area (TPSA) is 171 Å². The number of carbonyl (C=O) groups excluding carboxylic acids is 3. The van der Waals surface area contributed by atoms with Crippen LogP contribution in [-0.4, -0.2) is 74.5 Å². The van der Waals surface area contributed by atoms with E-state index in [0.29, 0.717) is 24.6 Å². The molecule has 0 fully saturated rings. The van der Waals surface area contributed by atoms with Crippen LogP contribution in [-0.2, 0) is 33.3 Å². The van der Waals surface area contributed by atoms with E-state index < -0.39 is 29.1 Å². The number of rotatable bonds is 17. The Labute approximate surface area is 254 Å². The zero-order chi connectivity index (χ0) is 31.9. The molecular weight excluding hydrogens is 586 g/mol. The van der Waals surface area contributed by atoms with E-state index in [-0.39, 0.29) is 54.3 Å². The minimum Gasteiger partial charge on any atom is -0.458 e. The van der Waals surface area contributed by atoms with Crippen LogP contribution in [0.5, 0.6) is 0 Å². The van der Waals surface area contributed by atoms with Gasteiger partial charge in [0.05, 0.1) is 41.9 Å². The highest BCUT2D eigenvalue weighted by Crippen LogP contribution is 2.34. The van der Waals surface area contributed by atoms with E-state index in [1.165, 1.54) is 32.9 Å². The number of azo groups is 1. The molecule has 2 aromatic carbocycles. The van der Waals surface area contributed by atoms with Gasteiger partial charge in [0, 0.05) is 51.8 Å². The quantitative estimate of drug-likeness (QED) is 0.105. The van der Waals surface area contributed by atoms with Crippen LogP contribution < -0.4 is 10.2 Å². The average molecular weight is 622 g/mol. The lowest BCUT2D eigenvalue weighted by Gasteiger charge is -2.32. The highest BCUT2D eigenvalue weighted by molar-refractivity contribution is 6.33. The van der Waals surface area contributed by atoms with E-state index in [0.717, 1.165) is 6.07 Å². The first kappa shape index (κ1) is 35.1. The Morgan fingerprint density at radius 1 is 0.907 bits per heavy atom. The van der Waals surface area contributed by atoms with Crippen molar-refractivity contribution in [3.05, 3.63) is 51.5 Å². The Kier molecular flexibility index (Phi) is 14.5. The summed E-state index contributed by atoms with van der Waals surface area (Å²) in [6, 6.07) is 8.72. The molecule has 1 N–H and O–H groups in total. The summed E-state index contributed by atoms with van der Waals surface area (Å²) < 4.78 is 22.0. The Morgan fingerprint density at radius 3 is 1.91 bits per heavy atom. The minimum atomic E-state index is -0.671. The van der Waals surface area contributed by atoms with E-state index >= 15 is 0 Å². The van der Waals surface area contributed by atoms with Gasteiger partial charge in [0.15, 0.2) is 0 Å². The molecule has 0 aromatic heterocycles. The highest BCUT2D eigenvalue weighted by Gasteiger charge is 2.24. The first-order valence-corrected chi connectivity index (χ1v) is 13.8. The van der Waals surface area contributed by atoms with Gasteiger partial charge in [-0.1, -0.05) is 11.6 Å². The van der Waals surface area contributed by atoms with Crippen molar-refractivity contribution in [2.75, 3.05) is 49.7 Å². The molecule has 0 spiro atoms.